The predicted molar refractivity (Wildman–Crippen MR) is 122 cm³/mol. The van der Waals surface area contributed by atoms with E-state index >= 15 is 0 Å². The molecule has 1 saturated carbocycles. The molecule has 2 fully saturated rings. The van der Waals surface area contributed by atoms with Gasteiger partial charge in [0.05, 0.1) is 6.61 Å². The summed E-state index contributed by atoms with van der Waals surface area (Å²) in [6, 6.07) is 4.39. The smallest absolute Gasteiger partial charge is 0.229 e. The van der Waals surface area contributed by atoms with Crippen LogP contribution in [0.4, 0.5) is 0 Å². The lowest BCUT2D eigenvalue weighted by Gasteiger charge is -2.54. The van der Waals surface area contributed by atoms with Crippen LogP contribution in [0, 0.1) is 11.3 Å². The minimum Gasteiger partial charge on any atom is -0.462 e. The van der Waals surface area contributed by atoms with E-state index in [1.807, 2.05) is 0 Å². The molecular weight excluding hydrogens is 408 g/mol. The van der Waals surface area contributed by atoms with Crippen molar-refractivity contribution < 1.29 is 29.9 Å². The molecule has 1 aromatic rings. The van der Waals surface area contributed by atoms with Crippen LogP contribution in [-0.4, -0.2) is 57.7 Å². The van der Waals surface area contributed by atoms with Crippen LogP contribution in [0.3, 0.4) is 0 Å². The minimum atomic E-state index is -1.45. The molecule has 2 aliphatic carbocycles. The third kappa shape index (κ3) is 3.88. The van der Waals surface area contributed by atoms with Gasteiger partial charge in [-0.1, -0.05) is 47.1 Å². The van der Waals surface area contributed by atoms with Gasteiger partial charge in [-0.3, -0.25) is 0 Å². The third-order valence-electron chi connectivity index (χ3n) is 8.50. The molecule has 0 amide bonds. The summed E-state index contributed by atoms with van der Waals surface area (Å²) in [7, 11) is 0. The maximum Gasteiger partial charge on any atom is 0.229 e. The number of benzene rings is 1. The van der Waals surface area contributed by atoms with Crippen LogP contribution in [0.2, 0.25) is 0 Å². The van der Waals surface area contributed by atoms with Crippen LogP contribution in [0.25, 0.3) is 0 Å². The molecule has 6 heteroatoms. The molecule has 4 N–H and O–H groups in total. The van der Waals surface area contributed by atoms with Crippen LogP contribution < -0.4 is 4.74 Å². The second-order valence-corrected chi connectivity index (χ2v) is 11.4. The van der Waals surface area contributed by atoms with E-state index in [1.54, 1.807) is 0 Å². The van der Waals surface area contributed by atoms with Crippen molar-refractivity contribution in [1.82, 2.24) is 0 Å². The zero-order valence-corrected chi connectivity index (χ0v) is 20.0. The summed E-state index contributed by atoms with van der Waals surface area (Å²) in [5, 5.41) is 40.3. The maximum atomic E-state index is 10.5. The number of aliphatic hydroxyl groups excluding tert-OH is 4. The number of aryl methyl sites for hydroxylation is 1. The van der Waals surface area contributed by atoms with Crippen molar-refractivity contribution in [2.75, 3.05) is 6.61 Å². The molecule has 0 unspecified atom stereocenters. The highest BCUT2D eigenvalue weighted by molar-refractivity contribution is 5.49. The van der Waals surface area contributed by atoms with Gasteiger partial charge in [-0.2, -0.15) is 0 Å². The Morgan fingerprint density at radius 3 is 2.44 bits per heavy atom. The van der Waals surface area contributed by atoms with E-state index in [0.717, 1.165) is 18.4 Å². The van der Waals surface area contributed by atoms with Gasteiger partial charge in [0.15, 0.2) is 0 Å². The monoisotopic (exact) mass is 448 g/mol. The fourth-order valence-electron chi connectivity index (χ4n) is 6.68. The van der Waals surface area contributed by atoms with E-state index in [2.05, 4.69) is 46.8 Å². The standard InChI is InChI=1S/C26H40O6/c1-14(2)16-11-15-7-8-20-25(3,4)9-6-10-26(20,5)17(15)12-18(16)31-24-23(30)22(29)21(28)19(13-27)32-24/h11-12,14,19-24,27-30H,6-10,13H2,1-5H3/t19-,20+,21-,22+,23+,24+,26-/m1/s1. The highest BCUT2D eigenvalue weighted by Gasteiger charge is 2.50. The van der Waals surface area contributed by atoms with E-state index < -0.39 is 37.3 Å². The Morgan fingerprint density at radius 1 is 1.06 bits per heavy atom. The summed E-state index contributed by atoms with van der Waals surface area (Å²) in [6.07, 6.45) is -0.570. The first-order valence-electron chi connectivity index (χ1n) is 12.1. The lowest BCUT2D eigenvalue weighted by molar-refractivity contribution is -0.277. The molecule has 6 nitrogen and oxygen atoms in total. The number of rotatable bonds is 4. The van der Waals surface area contributed by atoms with Crippen LogP contribution >= 0.6 is 0 Å². The van der Waals surface area contributed by atoms with Gasteiger partial charge in [0.25, 0.3) is 0 Å². The first-order chi connectivity index (χ1) is 15.0. The molecule has 32 heavy (non-hydrogen) atoms. The van der Waals surface area contributed by atoms with Crippen molar-refractivity contribution in [3.8, 4) is 5.75 Å². The number of hydrogen-bond acceptors (Lipinski definition) is 6. The van der Waals surface area contributed by atoms with E-state index in [9.17, 15) is 20.4 Å². The van der Waals surface area contributed by atoms with E-state index in [-0.39, 0.29) is 11.3 Å². The van der Waals surface area contributed by atoms with E-state index in [4.69, 9.17) is 9.47 Å². The topological polar surface area (TPSA) is 99.4 Å². The Morgan fingerprint density at radius 2 is 1.78 bits per heavy atom. The van der Waals surface area contributed by atoms with E-state index in [0.29, 0.717) is 17.1 Å². The van der Waals surface area contributed by atoms with Crippen molar-refractivity contribution in [3.05, 3.63) is 28.8 Å². The third-order valence-corrected chi connectivity index (χ3v) is 8.50. The molecule has 0 aromatic heterocycles. The largest absolute Gasteiger partial charge is 0.462 e. The first-order valence-corrected chi connectivity index (χ1v) is 12.1. The van der Waals surface area contributed by atoms with Crippen LogP contribution in [0.15, 0.2) is 12.1 Å². The van der Waals surface area contributed by atoms with Gasteiger partial charge in [-0.25, -0.2) is 0 Å². The molecule has 0 bridgehead atoms. The Kier molecular flexibility index (Phi) is 6.40. The van der Waals surface area contributed by atoms with Gasteiger partial charge in [0.1, 0.15) is 30.2 Å². The number of hydrogen-bond donors (Lipinski definition) is 4. The molecule has 3 aliphatic rings. The summed E-state index contributed by atoms with van der Waals surface area (Å²) in [6.45, 7) is 10.9. The van der Waals surface area contributed by atoms with E-state index in [1.165, 1.54) is 30.4 Å². The van der Waals surface area contributed by atoms with Crippen molar-refractivity contribution >= 4 is 0 Å². The Labute approximate surface area is 191 Å². The summed E-state index contributed by atoms with van der Waals surface area (Å²) in [4.78, 5) is 0. The van der Waals surface area contributed by atoms with Crippen LogP contribution in [0.5, 0.6) is 5.75 Å². The minimum absolute atomic E-state index is 0.0678. The van der Waals surface area contributed by atoms with Crippen molar-refractivity contribution in [1.29, 1.82) is 0 Å². The lowest BCUT2D eigenvalue weighted by Crippen LogP contribution is -2.60. The average molecular weight is 449 g/mol. The molecule has 1 aromatic carbocycles. The first kappa shape index (κ1) is 24.0. The highest BCUT2D eigenvalue weighted by atomic mass is 16.7. The second-order valence-electron chi connectivity index (χ2n) is 11.4. The van der Waals surface area contributed by atoms with Gasteiger partial charge in [-0.05, 0) is 71.1 Å². The molecule has 7 atom stereocenters. The van der Waals surface area contributed by atoms with Crippen molar-refractivity contribution in [3.63, 3.8) is 0 Å². The molecule has 4 rings (SSSR count). The molecule has 1 aliphatic heterocycles. The van der Waals surface area contributed by atoms with Crippen molar-refractivity contribution in [2.45, 2.75) is 109 Å². The van der Waals surface area contributed by atoms with Gasteiger partial charge in [-0.15, -0.1) is 0 Å². The Hall–Kier alpha value is -1.18. The lowest BCUT2D eigenvalue weighted by atomic mass is 9.50. The predicted octanol–water partition coefficient (Wildman–Crippen LogP) is 3.02. The summed E-state index contributed by atoms with van der Waals surface area (Å²) in [5.74, 6) is 1.45. The Bertz CT molecular complexity index is 834. The van der Waals surface area contributed by atoms with Gasteiger partial charge in [0.2, 0.25) is 6.29 Å². The molecular formula is C26H40O6. The molecule has 1 saturated heterocycles. The molecule has 0 radical (unpaired) electrons. The molecule has 180 valence electrons. The average Bonchev–Trinajstić information content (AvgIpc) is 2.73. The fraction of sp³-hybridized carbons (Fsp3) is 0.769. The normalized spacial score (nSPS) is 38.8. The zero-order chi connectivity index (χ0) is 23.4. The van der Waals surface area contributed by atoms with Crippen molar-refractivity contribution in [2.24, 2.45) is 11.3 Å². The summed E-state index contributed by atoms with van der Waals surface area (Å²) < 4.78 is 11.8. The highest BCUT2D eigenvalue weighted by Crippen LogP contribution is 2.57. The van der Waals surface area contributed by atoms with Gasteiger partial charge in [0, 0.05) is 0 Å². The Balaban J connectivity index is 1.73. The molecule has 1 heterocycles. The number of fused-ring (bicyclic) bond motifs is 3. The number of aliphatic hydroxyl groups is 4. The van der Waals surface area contributed by atoms with Gasteiger partial charge >= 0.3 is 0 Å². The SMILES string of the molecule is CC(C)c1cc2c(cc1O[C@H]1O[C@H](CO)[C@@H](O)[C@H](O)[C@@H]1O)[C@@]1(C)CCCC(C)(C)[C@@H]1CC2. The van der Waals surface area contributed by atoms with Crippen LogP contribution in [0.1, 0.15) is 82.9 Å². The quantitative estimate of drug-likeness (QED) is 0.565. The number of ether oxygens (including phenoxy) is 2. The summed E-state index contributed by atoms with van der Waals surface area (Å²) >= 11 is 0. The zero-order valence-electron chi connectivity index (χ0n) is 20.0. The molecule has 0 spiro atoms. The fourth-order valence-corrected chi connectivity index (χ4v) is 6.68. The van der Waals surface area contributed by atoms with Crippen LogP contribution in [-0.2, 0) is 16.6 Å². The maximum absolute atomic E-state index is 10.5. The van der Waals surface area contributed by atoms with Gasteiger partial charge < -0.3 is 29.9 Å². The second kappa shape index (κ2) is 8.55. The summed E-state index contributed by atoms with van der Waals surface area (Å²) in [5.41, 5.74) is 4.10.